The number of hydrogen-bond acceptors (Lipinski definition) is 5. The summed E-state index contributed by atoms with van der Waals surface area (Å²) in [6, 6.07) is 15.3. The second kappa shape index (κ2) is 8.27. The Labute approximate surface area is 157 Å². The zero-order chi connectivity index (χ0) is 18.5. The van der Waals surface area contributed by atoms with Gasteiger partial charge in [-0.1, -0.05) is 18.2 Å². The van der Waals surface area contributed by atoms with E-state index in [-0.39, 0.29) is 11.7 Å². The molecule has 1 amide bonds. The van der Waals surface area contributed by atoms with E-state index in [4.69, 9.17) is 9.47 Å². The van der Waals surface area contributed by atoms with Crippen LogP contribution in [0.25, 0.3) is 0 Å². The summed E-state index contributed by atoms with van der Waals surface area (Å²) in [7, 11) is 1.61. The molecule has 136 valence electrons. The van der Waals surface area contributed by atoms with Crippen LogP contribution in [0.1, 0.15) is 12.5 Å². The first kappa shape index (κ1) is 18.3. The van der Waals surface area contributed by atoms with Crippen molar-refractivity contribution in [2.75, 3.05) is 24.3 Å². The highest BCUT2D eigenvalue weighted by Gasteiger charge is 2.29. The zero-order valence-electron chi connectivity index (χ0n) is 14.8. The number of carbonyl (C=O) groups excluding carboxylic acids is 2. The lowest BCUT2D eigenvalue weighted by Gasteiger charge is -2.21. The van der Waals surface area contributed by atoms with Gasteiger partial charge in [-0.2, -0.15) is 0 Å². The summed E-state index contributed by atoms with van der Waals surface area (Å²) >= 11 is 1.37. The summed E-state index contributed by atoms with van der Waals surface area (Å²) in [5.41, 5.74) is 2.06. The third kappa shape index (κ3) is 4.19. The normalized spacial score (nSPS) is 13.8. The number of amides is 1. The number of fused-ring (bicyclic) bond motifs is 1. The van der Waals surface area contributed by atoms with Crippen molar-refractivity contribution in [3.8, 4) is 5.75 Å². The number of nitrogens with zero attached hydrogens (tertiary/aromatic N) is 1. The van der Waals surface area contributed by atoms with Crippen molar-refractivity contribution in [2.24, 2.45) is 0 Å². The highest BCUT2D eigenvalue weighted by molar-refractivity contribution is 8.00. The highest BCUT2D eigenvalue weighted by Crippen LogP contribution is 2.28. The van der Waals surface area contributed by atoms with Crippen LogP contribution in [-0.4, -0.2) is 37.4 Å². The zero-order valence-corrected chi connectivity index (χ0v) is 15.6. The molecule has 0 radical (unpaired) electrons. The number of methoxy groups -OCH3 is 1. The van der Waals surface area contributed by atoms with Gasteiger partial charge in [0, 0.05) is 17.1 Å². The van der Waals surface area contributed by atoms with Gasteiger partial charge >= 0.3 is 5.97 Å². The Kier molecular flexibility index (Phi) is 5.83. The van der Waals surface area contributed by atoms with Gasteiger partial charge < -0.3 is 14.4 Å². The van der Waals surface area contributed by atoms with Crippen LogP contribution in [0.4, 0.5) is 5.69 Å². The Morgan fingerprint density at radius 2 is 1.88 bits per heavy atom. The summed E-state index contributed by atoms with van der Waals surface area (Å²) in [5, 5.41) is 0. The number of rotatable bonds is 6. The Morgan fingerprint density at radius 1 is 1.15 bits per heavy atom. The highest BCUT2D eigenvalue weighted by atomic mass is 32.2. The monoisotopic (exact) mass is 371 g/mol. The Bertz CT molecular complexity index is 791. The molecule has 1 heterocycles. The van der Waals surface area contributed by atoms with E-state index in [0.29, 0.717) is 6.54 Å². The van der Waals surface area contributed by atoms with Crippen LogP contribution >= 0.6 is 11.8 Å². The molecule has 5 nitrogen and oxygen atoms in total. The first-order valence-electron chi connectivity index (χ1n) is 8.44. The van der Waals surface area contributed by atoms with E-state index in [1.54, 1.807) is 18.9 Å². The lowest BCUT2D eigenvalue weighted by atomic mass is 10.2. The summed E-state index contributed by atoms with van der Waals surface area (Å²) in [4.78, 5) is 27.3. The van der Waals surface area contributed by atoms with Crippen LogP contribution in [0.2, 0.25) is 0 Å². The van der Waals surface area contributed by atoms with E-state index in [1.165, 1.54) is 11.8 Å². The average Bonchev–Trinajstić information content (AvgIpc) is 3.10. The summed E-state index contributed by atoms with van der Waals surface area (Å²) in [5.74, 6) is 0.333. The van der Waals surface area contributed by atoms with E-state index < -0.39 is 12.1 Å². The molecule has 0 saturated carbocycles. The van der Waals surface area contributed by atoms with Crippen molar-refractivity contribution in [3.05, 3.63) is 54.1 Å². The molecule has 26 heavy (non-hydrogen) atoms. The third-order valence-electron chi connectivity index (χ3n) is 4.23. The molecule has 2 aromatic rings. The molecule has 0 N–H and O–H groups in total. The van der Waals surface area contributed by atoms with Gasteiger partial charge in [0.25, 0.3) is 5.91 Å². The lowest BCUT2D eigenvalue weighted by Crippen LogP contribution is -2.39. The standard InChI is InChI=1S/C20H21NO4S/c1-14(20(23)21-12-11-15-5-3-4-6-18(15)21)25-19(22)13-26-17-9-7-16(24-2)8-10-17/h3-10,14H,11-13H2,1-2H3/t14-/m0/s1. The first-order valence-corrected chi connectivity index (χ1v) is 9.42. The third-order valence-corrected chi connectivity index (χ3v) is 5.21. The van der Waals surface area contributed by atoms with Crippen molar-refractivity contribution < 1.29 is 19.1 Å². The molecular formula is C20H21NO4S. The minimum Gasteiger partial charge on any atom is -0.497 e. The van der Waals surface area contributed by atoms with Crippen molar-refractivity contribution in [3.63, 3.8) is 0 Å². The number of benzene rings is 2. The second-order valence-corrected chi connectivity index (χ2v) is 7.01. The maximum atomic E-state index is 12.6. The van der Waals surface area contributed by atoms with E-state index in [9.17, 15) is 9.59 Å². The van der Waals surface area contributed by atoms with Crippen molar-refractivity contribution in [2.45, 2.75) is 24.3 Å². The number of para-hydroxylation sites is 1. The number of esters is 1. The van der Waals surface area contributed by atoms with Gasteiger partial charge in [0.15, 0.2) is 6.10 Å². The maximum absolute atomic E-state index is 12.6. The van der Waals surface area contributed by atoms with Crippen LogP contribution in [0.5, 0.6) is 5.75 Å². The van der Waals surface area contributed by atoms with E-state index >= 15 is 0 Å². The maximum Gasteiger partial charge on any atom is 0.317 e. The van der Waals surface area contributed by atoms with Crippen LogP contribution in [0, 0.1) is 0 Å². The van der Waals surface area contributed by atoms with Gasteiger partial charge in [0.1, 0.15) is 5.75 Å². The fourth-order valence-electron chi connectivity index (χ4n) is 2.88. The van der Waals surface area contributed by atoms with Crippen LogP contribution in [-0.2, 0) is 20.7 Å². The van der Waals surface area contributed by atoms with Gasteiger partial charge in [-0.3, -0.25) is 9.59 Å². The molecule has 0 saturated heterocycles. The average molecular weight is 371 g/mol. The minimum atomic E-state index is -0.801. The fraction of sp³-hybridized carbons (Fsp3) is 0.300. The molecule has 0 bridgehead atoms. The van der Waals surface area contributed by atoms with Crippen molar-refractivity contribution in [1.82, 2.24) is 0 Å². The Morgan fingerprint density at radius 3 is 2.62 bits per heavy atom. The molecule has 0 aromatic heterocycles. The van der Waals surface area contributed by atoms with E-state index in [1.807, 2.05) is 48.5 Å². The number of ether oxygens (including phenoxy) is 2. The Balaban J connectivity index is 1.51. The minimum absolute atomic E-state index is 0.153. The summed E-state index contributed by atoms with van der Waals surface area (Å²) in [6.45, 7) is 2.25. The molecule has 1 atom stereocenters. The van der Waals surface area contributed by atoms with Crippen LogP contribution in [0.15, 0.2) is 53.4 Å². The van der Waals surface area contributed by atoms with Crippen LogP contribution in [0.3, 0.4) is 0 Å². The van der Waals surface area contributed by atoms with Crippen molar-refractivity contribution in [1.29, 1.82) is 0 Å². The fourth-order valence-corrected chi connectivity index (χ4v) is 3.56. The van der Waals surface area contributed by atoms with Gasteiger partial charge in [0.2, 0.25) is 0 Å². The number of anilines is 1. The number of carbonyl (C=O) groups is 2. The molecule has 0 spiro atoms. The molecule has 0 unspecified atom stereocenters. The molecular weight excluding hydrogens is 350 g/mol. The molecule has 1 aliphatic rings. The Hall–Kier alpha value is -2.47. The predicted octanol–water partition coefficient (Wildman–Crippen LogP) is 3.31. The van der Waals surface area contributed by atoms with Crippen LogP contribution < -0.4 is 9.64 Å². The molecule has 2 aromatic carbocycles. The predicted molar refractivity (Wildman–Crippen MR) is 102 cm³/mol. The second-order valence-electron chi connectivity index (χ2n) is 5.96. The summed E-state index contributed by atoms with van der Waals surface area (Å²) < 4.78 is 10.4. The van der Waals surface area contributed by atoms with Gasteiger partial charge in [-0.25, -0.2) is 0 Å². The van der Waals surface area contributed by atoms with Gasteiger partial charge in [-0.15, -0.1) is 11.8 Å². The van der Waals surface area contributed by atoms with Gasteiger partial charge in [-0.05, 0) is 49.2 Å². The van der Waals surface area contributed by atoms with E-state index in [2.05, 4.69) is 0 Å². The van der Waals surface area contributed by atoms with Gasteiger partial charge in [0.05, 0.1) is 12.9 Å². The first-order chi connectivity index (χ1) is 12.6. The van der Waals surface area contributed by atoms with E-state index in [0.717, 1.165) is 28.3 Å². The topological polar surface area (TPSA) is 55.8 Å². The number of hydrogen-bond donors (Lipinski definition) is 0. The lowest BCUT2D eigenvalue weighted by molar-refractivity contribution is -0.151. The molecule has 0 fully saturated rings. The smallest absolute Gasteiger partial charge is 0.317 e. The molecule has 6 heteroatoms. The quantitative estimate of drug-likeness (QED) is 0.576. The summed E-state index contributed by atoms with van der Waals surface area (Å²) in [6.07, 6.45) is 0.0285. The number of thioether (sulfide) groups is 1. The van der Waals surface area contributed by atoms with Crippen molar-refractivity contribution >= 4 is 29.3 Å². The molecule has 1 aliphatic heterocycles. The largest absolute Gasteiger partial charge is 0.497 e. The SMILES string of the molecule is COc1ccc(SCC(=O)O[C@@H](C)C(=O)N2CCc3ccccc32)cc1. The molecule has 3 rings (SSSR count). The molecule has 0 aliphatic carbocycles.